The van der Waals surface area contributed by atoms with E-state index in [1.807, 2.05) is 0 Å². The van der Waals surface area contributed by atoms with Gasteiger partial charge in [0.15, 0.2) is 0 Å². The van der Waals surface area contributed by atoms with Crippen LogP contribution in [0.5, 0.6) is 0 Å². The first kappa shape index (κ1) is 15.7. The second kappa shape index (κ2) is 8.72. The van der Waals surface area contributed by atoms with Crippen LogP contribution in [0.4, 0.5) is 5.82 Å². The molecule has 0 aliphatic carbocycles. The molecule has 0 aliphatic rings. The highest BCUT2D eigenvalue weighted by molar-refractivity contribution is 6.29. The molecule has 0 spiro atoms. The summed E-state index contributed by atoms with van der Waals surface area (Å²) >= 11 is 5.84. The van der Waals surface area contributed by atoms with Gasteiger partial charge in [-0.15, -0.1) is 0 Å². The minimum atomic E-state index is -0.181. The lowest BCUT2D eigenvalue weighted by atomic mass is 10.2. The van der Waals surface area contributed by atoms with Crippen molar-refractivity contribution in [1.82, 2.24) is 10.3 Å². The van der Waals surface area contributed by atoms with E-state index in [-0.39, 0.29) is 11.1 Å². The number of aromatic nitrogens is 1. The van der Waals surface area contributed by atoms with Crippen molar-refractivity contribution in [1.29, 1.82) is 0 Å². The summed E-state index contributed by atoms with van der Waals surface area (Å²) in [5, 5.41) is 5.92. The topological polar surface area (TPSA) is 63.2 Å². The zero-order chi connectivity index (χ0) is 14.1. The summed E-state index contributed by atoms with van der Waals surface area (Å²) in [4.78, 5) is 15.9. The largest absolute Gasteiger partial charge is 0.380 e. The molecule has 0 bridgehead atoms. The Morgan fingerprint density at radius 3 is 2.89 bits per heavy atom. The molecule has 1 heterocycles. The number of anilines is 1. The Bertz CT molecular complexity index is 413. The zero-order valence-corrected chi connectivity index (χ0v) is 12.1. The summed E-state index contributed by atoms with van der Waals surface area (Å²) in [6.45, 7) is 3.84. The predicted molar refractivity (Wildman–Crippen MR) is 76.9 cm³/mol. The van der Waals surface area contributed by atoms with Crippen LogP contribution in [0.15, 0.2) is 12.1 Å². The van der Waals surface area contributed by atoms with E-state index in [1.54, 1.807) is 13.1 Å². The monoisotopic (exact) mass is 285 g/mol. The van der Waals surface area contributed by atoms with Crippen LogP contribution < -0.4 is 10.6 Å². The Hall–Kier alpha value is -1.33. The zero-order valence-electron chi connectivity index (χ0n) is 11.3. The highest BCUT2D eigenvalue weighted by Gasteiger charge is 2.08. The summed E-state index contributed by atoms with van der Waals surface area (Å²) in [6, 6.07) is 3.19. The van der Waals surface area contributed by atoms with E-state index in [4.69, 9.17) is 16.3 Å². The molecule has 1 rings (SSSR count). The van der Waals surface area contributed by atoms with Crippen LogP contribution in [0.2, 0.25) is 5.15 Å². The van der Waals surface area contributed by atoms with E-state index in [2.05, 4.69) is 22.5 Å². The van der Waals surface area contributed by atoms with Crippen LogP contribution in [0.1, 0.15) is 30.1 Å². The lowest BCUT2D eigenvalue weighted by Crippen LogP contribution is -2.27. The van der Waals surface area contributed by atoms with Crippen molar-refractivity contribution in [3.8, 4) is 0 Å². The van der Waals surface area contributed by atoms with E-state index in [9.17, 15) is 4.79 Å². The molecule has 0 atom stereocenters. The number of hydrogen-bond donors (Lipinski definition) is 2. The number of pyridine rings is 1. The van der Waals surface area contributed by atoms with Gasteiger partial charge in [0.05, 0.1) is 6.61 Å². The molecular formula is C13H20ClN3O2. The number of halogens is 1. The maximum absolute atomic E-state index is 11.9. The van der Waals surface area contributed by atoms with Crippen molar-refractivity contribution in [3.05, 3.63) is 22.8 Å². The Kier molecular flexibility index (Phi) is 7.22. The second-order valence-electron chi connectivity index (χ2n) is 4.04. The number of hydrogen-bond acceptors (Lipinski definition) is 4. The standard InChI is InChI=1S/C13H20ClN3O2/c1-3-4-6-19-7-5-16-13(18)10-8-11(14)17-12(9-10)15-2/h8-9H,3-7H2,1-2H3,(H,15,17)(H,16,18). The molecule has 0 unspecified atom stereocenters. The second-order valence-corrected chi connectivity index (χ2v) is 4.42. The molecule has 0 fully saturated rings. The molecule has 0 radical (unpaired) electrons. The lowest BCUT2D eigenvalue weighted by molar-refractivity contribution is 0.0912. The fourth-order valence-corrected chi connectivity index (χ4v) is 1.65. The first-order valence-corrected chi connectivity index (χ1v) is 6.76. The molecule has 0 saturated carbocycles. The number of unbranched alkanes of at least 4 members (excludes halogenated alkanes) is 1. The van der Waals surface area contributed by atoms with Gasteiger partial charge in [-0.1, -0.05) is 24.9 Å². The van der Waals surface area contributed by atoms with E-state index in [0.717, 1.165) is 19.4 Å². The van der Waals surface area contributed by atoms with E-state index in [1.165, 1.54) is 6.07 Å². The fourth-order valence-electron chi connectivity index (χ4n) is 1.44. The Balaban J connectivity index is 2.39. The molecule has 1 aromatic rings. The Morgan fingerprint density at radius 1 is 1.42 bits per heavy atom. The van der Waals surface area contributed by atoms with Gasteiger partial charge >= 0.3 is 0 Å². The molecule has 5 nitrogen and oxygen atoms in total. The van der Waals surface area contributed by atoms with Gasteiger partial charge in [-0.25, -0.2) is 4.98 Å². The molecular weight excluding hydrogens is 266 g/mol. The molecule has 0 aromatic carbocycles. The predicted octanol–water partition coefficient (Wildman–Crippen LogP) is 2.32. The smallest absolute Gasteiger partial charge is 0.251 e. The number of nitrogens with zero attached hydrogens (tertiary/aromatic N) is 1. The van der Waals surface area contributed by atoms with E-state index < -0.39 is 0 Å². The fraction of sp³-hybridized carbons (Fsp3) is 0.538. The third-order valence-electron chi connectivity index (χ3n) is 2.49. The van der Waals surface area contributed by atoms with Crippen LogP contribution in [0.25, 0.3) is 0 Å². The lowest BCUT2D eigenvalue weighted by Gasteiger charge is -2.07. The number of ether oxygens (including phenoxy) is 1. The third kappa shape index (κ3) is 5.89. The van der Waals surface area contributed by atoms with E-state index >= 15 is 0 Å². The average molecular weight is 286 g/mol. The van der Waals surface area contributed by atoms with Gasteiger partial charge in [-0.2, -0.15) is 0 Å². The van der Waals surface area contributed by atoms with Gasteiger partial charge in [0.2, 0.25) is 0 Å². The minimum absolute atomic E-state index is 0.181. The van der Waals surface area contributed by atoms with Crippen LogP contribution >= 0.6 is 11.6 Å². The van der Waals surface area contributed by atoms with Crippen LogP contribution in [-0.2, 0) is 4.74 Å². The molecule has 0 saturated heterocycles. The highest BCUT2D eigenvalue weighted by atomic mass is 35.5. The number of nitrogens with one attached hydrogen (secondary N) is 2. The van der Waals surface area contributed by atoms with Gasteiger partial charge in [0, 0.05) is 25.8 Å². The average Bonchev–Trinajstić information content (AvgIpc) is 2.41. The van der Waals surface area contributed by atoms with Crippen molar-refractivity contribution >= 4 is 23.3 Å². The minimum Gasteiger partial charge on any atom is -0.380 e. The summed E-state index contributed by atoms with van der Waals surface area (Å²) in [5.74, 6) is 0.386. The van der Waals surface area contributed by atoms with Crippen molar-refractivity contribution < 1.29 is 9.53 Å². The van der Waals surface area contributed by atoms with Gasteiger partial charge in [0.1, 0.15) is 11.0 Å². The number of carbonyl (C=O) groups is 1. The molecule has 1 amide bonds. The van der Waals surface area contributed by atoms with Crippen molar-refractivity contribution in [2.24, 2.45) is 0 Å². The van der Waals surface area contributed by atoms with Gasteiger partial charge in [-0.05, 0) is 18.6 Å². The molecule has 19 heavy (non-hydrogen) atoms. The number of rotatable bonds is 8. The molecule has 1 aromatic heterocycles. The van der Waals surface area contributed by atoms with Crippen molar-refractivity contribution in [2.75, 3.05) is 32.1 Å². The maximum atomic E-state index is 11.9. The van der Waals surface area contributed by atoms with Gasteiger partial charge in [0.25, 0.3) is 5.91 Å². The quantitative estimate of drug-likeness (QED) is 0.568. The number of carbonyl (C=O) groups excluding carboxylic acids is 1. The molecule has 0 aliphatic heterocycles. The molecule has 106 valence electrons. The van der Waals surface area contributed by atoms with Gasteiger partial charge in [-0.3, -0.25) is 4.79 Å². The Morgan fingerprint density at radius 2 is 2.21 bits per heavy atom. The molecule has 6 heteroatoms. The summed E-state index contributed by atoms with van der Waals surface area (Å²) in [5.41, 5.74) is 0.484. The Labute approximate surface area is 118 Å². The van der Waals surface area contributed by atoms with Crippen molar-refractivity contribution in [3.63, 3.8) is 0 Å². The maximum Gasteiger partial charge on any atom is 0.251 e. The molecule has 2 N–H and O–H groups in total. The van der Waals surface area contributed by atoms with Crippen LogP contribution in [-0.4, -0.2) is 37.7 Å². The summed E-state index contributed by atoms with van der Waals surface area (Å²) < 4.78 is 5.36. The normalized spacial score (nSPS) is 10.3. The summed E-state index contributed by atoms with van der Waals surface area (Å²) in [7, 11) is 1.72. The first-order chi connectivity index (χ1) is 9.17. The van der Waals surface area contributed by atoms with E-state index in [0.29, 0.717) is 24.5 Å². The van der Waals surface area contributed by atoms with Gasteiger partial charge < -0.3 is 15.4 Å². The first-order valence-electron chi connectivity index (χ1n) is 6.38. The van der Waals surface area contributed by atoms with Crippen molar-refractivity contribution in [2.45, 2.75) is 19.8 Å². The van der Waals surface area contributed by atoms with Crippen LogP contribution in [0.3, 0.4) is 0 Å². The summed E-state index contributed by atoms with van der Waals surface area (Å²) in [6.07, 6.45) is 2.15. The third-order valence-corrected chi connectivity index (χ3v) is 2.68. The SMILES string of the molecule is CCCCOCCNC(=O)c1cc(Cl)nc(NC)c1. The highest BCUT2D eigenvalue weighted by Crippen LogP contribution is 2.13. The number of amides is 1. The van der Waals surface area contributed by atoms with Crippen LogP contribution in [0, 0.1) is 0 Å².